The van der Waals surface area contributed by atoms with Crippen LogP contribution in [0.2, 0.25) is 5.02 Å². The number of aromatic amines is 1. The van der Waals surface area contributed by atoms with Crippen molar-refractivity contribution in [2.45, 2.75) is 25.8 Å². The van der Waals surface area contributed by atoms with Gasteiger partial charge < -0.3 is 15.2 Å². The van der Waals surface area contributed by atoms with Crippen LogP contribution in [0, 0.1) is 5.92 Å². The van der Waals surface area contributed by atoms with Crippen LogP contribution in [0.25, 0.3) is 0 Å². The van der Waals surface area contributed by atoms with E-state index in [9.17, 15) is 9.59 Å². The number of rotatable bonds is 6. The molecule has 1 aromatic carbocycles. The van der Waals surface area contributed by atoms with E-state index in [0.717, 1.165) is 17.8 Å². The molecule has 6 nitrogen and oxygen atoms in total. The molecule has 3 rings (SSSR count). The summed E-state index contributed by atoms with van der Waals surface area (Å²) in [7, 11) is 0. The Morgan fingerprint density at radius 1 is 1.36 bits per heavy atom. The Morgan fingerprint density at radius 3 is 2.88 bits per heavy atom. The number of aromatic nitrogens is 2. The fourth-order valence-corrected chi connectivity index (χ4v) is 3.10. The number of carbonyl (C=O) groups is 2. The number of carbonyl (C=O) groups excluding carboxylic acids is 2. The molecule has 25 heavy (non-hydrogen) atoms. The third-order valence-corrected chi connectivity index (χ3v) is 4.69. The lowest BCUT2D eigenvalue weighted by Crippen LogP contribution is -2.46. The molecule has 1 saturated heterocycles. The standard InChI is InChI=1S/C18H21ClN4O2/c19-15-4-1-13(2-5-15)7-10-23-12-14(3-6-17(23)24)18(25)22-11-16-20-8-9-21-16/h1-2,4-5,8-9,14H,3,6-7,10-12H2,(H,20,21)(H,22,25)/t14-/m1/s1. The van der Waals surface area contributed by atoms with Crippen molar-refractivity contribution < 1.29 is 9.59 Å². The van der Waals surface area contributed by atoms with Crippen LogP contribution in [0.5, 0.6) is 0 Å². The van der Waals surface area contributed by atoms with Gasteiger partial charge in [0.2, 0.25) is 11.8 Å². The second-order valence-corrected chi connectivity index (χ2v) is 6.64. The first-order valence-corrected chi connectivity index (χ1v) is 8.78. The summed E-state index contributed by atoms with van der Waals surface area (Å²) in [6.07, 6.45) is 5.14. The van der Waals surface area contributed by atoms with Crippen LogP contribution in [-0.4, -0.2) is 39.8 Å². The molecule has 1 aliphatic rings. The number of amides is 2. The van der Waals surface area contributed by atoms with E-state index in [2.05, 4.69) is 15.3 Å². The Hall–Kier alpha value is -2.34. The number of nitrogens with zero attached hydrogens (tertiary/aromatic N) is 2. The van der Waals surface area contributed by atoms with Crippen molar-refractivity contribution in [2.75, 3.05) is 13.1 Å². The lowest BCUT2D eigenvalue weighted by molar-refractivity contribution is -0.138. The molecule has 1 fully saturated rings. The summed E-state index contributed by atoms with van der Waals surface area (Å²) in [5.41, 5.74) is 1.13. The molecular formula is C18H21ClN4O2. The maximum atomic E-state index is 12.4. The topological polar surface area (TPSA) is 78.1 Å². The zero-order chi connectivity index (χ0) is 17.6. The normalized spacial score (nSPS) is 17.6. The Labute approximate surface area is 151 Å². The fourth-order valence-electron chi connectivity index (χ4n) is 2.97. The predicted molar refractivity (Wildman–Crippen MR) is 94.9 cm³/mol. The number of hydrogen-bond acceptors (Lipinski definition) is 3. The van der Waals surface area contributed by atoms with Gasteiger partial charge in [-0.25, -0.2) is 4.98 Å². The van der Waals surface area contributed by atoms with E-state index in [1.54, 1.807) is 17.3 Å². The van der Waals surface area contributed by atoms with E-state index in [4.69, 9.17) is 11.6 Å². The minimum absolute atomic E-state index is 0.0274. The van der Waals surface area contributed by atoms with Crippen molar-refractivity contribution in [3.63, 3.8) is 0 Å². The number of H-pyrrole nitrogens is 1. The lowest BCUT2D eigenvalue weighted by Gasteiger charge is -2.32. The number of halogens is 1. The van der Waals surface area contributed by atoms with Gasteiger partial charge in [0.15, 0.2) is 0 Å². The van der Waals surface area contributed by atoms with Gasteiger partial charge >= 0.3 is 0 Å². The van der Waals surface area contributed by atoms with Crippen LogP contribution in [0.4, 0.5) is 0 Å². The van der Waals surface area contributed by atoms with Gasteiger partial charge in [-0.3, -0.25) is 9.59 Å². The summed E-state index contributed by atoms with van der Waals surface area (Å²) in [5.74, 6) is 0.641. The maximum absolute atomic E-state index is 12.4. The van der Waals surface area contributed by atoms with E-state index >= 15 is 0 Å². The van der Waals surface area contributed by atoms with Gasteiger partial charge in [0.1, 0.15) is 5.82 Å². The monoisotopic (exact) mass is 360 g/mol. The average Bonchev–Trinajstić information content (AvgIpc) is 3.14. The van der Waals surface area contributed by atoms with Crippen LogP contribution in [0.3, 0.4) is 0 Å². The average molecular weight is 361 g/mol. The van der Waals surface area contributed by atoms with Crippen LogP contribution in [0.1, 0.15) is 24.2 Å². The summed E-state index contributed by atoms with van der Waals surface area (Å²) >= 11 is 5.89. The Morgan fingerprint density at radius 2 is 2.16 bits per heavy atom. The van der Waals surface area contributed by atoms with Gasteiger partial charge in [-0.05, 0) is 30.5 Å². The number of hydrogen-bond donors (Lipinski definition) is 2. The second-order valence-electron chi connectivity index (χ2n) is 6.21. The first-order chi connectivity index (χ1) is 12.1. The Bertz CT molecular complexity index is 715. The number of benzene rings is 1. The van der Waals surface area contributed by atoms with E-state index in [1.165, 1.54) is 0 Å². The van der Waals surface area contributed by atoms with Gasteiger partial charge in [-0.1, -0.05) is 23.7 Å². The minimum Gasteiger partial charge on any atom is -0.349 e. The molecule has 2 amide bonds. The smallest absolute Gasteiger partial charge is 0.225 e. The summed E-state index contributed by atoms with van der Waals surface area (Å²) in [6, 6.07) is 7.62. The fraction of sp³-hybridized carbons (Fsp3) is 0.389. The zero-order valence-corrected chi connectivity index (χ0v) is 14.6. The van der Waals surface area contributed by atoms with Crippen molar-refractivity contribution in [1.82, 2.24) is 20.2 Å². The van der Waals surface area contributed by atoms with Gasteiger partial charge in [0, 0.05) is 36.9 Å². The molecule has 1 aromatic heterocycles. The molecule has 0 bridgehead atoms. The van der Waals surface area contributed by atoms with Gasteiger partial charge in [-0.2, -0.15) is 0 Å². The van der Waals surface area contributed by atoms with E-state index in [1.807, 2.05) is 24.3 Å². The molecule has 2 heterocycles. The molecular weight excluding hydrogens is 340 g/mol. The molecule has 132 valence electrons. The zero-order valence-electron chi connectivity index (χ0n) is 13.9. The van der Waals surface area contributed by atoms with E-state index in [0.29, 0.717) is 37.5 Å². The SMILES string of the molecule is O=C(NCc1ncc[nH]1)[C@@H]1CCC(=O)N(CCc2ccc(Cl)cc2)C1. The van der Waals surface area contributed by atoms with Gasteiger partial charge in [0.05, 0.1) is 12.5 Å². The molecule has 0 radical (unpaired) electrons. The van der Waals surface area contributed by atoms with Crippen molar-refractivity contribution in [3.05, 3.63) is 53.1 Å². The highest BCUT2D eigenvalue weighted by atomic mass is 35.5. The molecule has 0 unspecified atom stereocenters. The number of imidazole rings is 1. The molecule has 2 aromatic rings. The van der Waals surface area contributed by atoms with Gasteiger partial charge in [-0.15, -0.1) is 0 Å². The second kappa shape index (κ2) is 8.16. The van der Waals surface area contributed by atoms with Crippen molar-refractivity contribution >= 4 is 23.4 Å². The first-order valence-electron chi connectivity index (χ1n) is 8.40. The number of nitrogens with one attached hydrogen (secondary N) is 2. The molecule has 0 aliphatic carbocycles. The van der Waals surface area contributed by atoms with Crippen LogP contribution in [-0.2, 0) is 22.6 Å². The van der Waals surface area contributed by atoms with Gasteiger partial charge in [0.25, 0.3) is 0 Å². The Kier molecular flexibility index (Phi) is 5.71. The van der Waals surface area contributed by atoms with Crippen molar-refractivity contribution in [1.29, 1.82) is 0 Å². The highest BCUT2D eigenvalue weighted by Gasteiger charge is 2.29. The summed E-state index contributed by atoms with van der Waals surface area (Å²) in [5, 5.41) is 3.58. The highest BCUT2D eigenvalue weighted by Crippen LogP contribution is 2.19. The van der Waals surface area contributed by atoms with Crippen molar-refractivity contribution in [2.24, 2.45) is 5.92 Å². The van der Waals surface area contributed by atoms with Crippen LogP contribution in [0.15, 0.2) is 36.7 Å². The third-order valence-electron chi connectivity index (χ3n) is 4.44. The minimum atomic E-state index is -0.169. The quantitative estimate of drug-likeness (QED) is 0.828. The van der Waals surface area contributed by atoms with E-state index in [-0.39, 0.29) is 17.7 Å². The number of likely N-dealkylation sites (tertiary alicyclic amines) is 1. The molecule has 2 N–H and O–H groups in total. The lowest BCUT2D eigenvalue weighted by atomic mass is 9.96. The molecule has 0 spiro atoms. The molecule has 0 saturated carbocycles. The molecule has 1 atom stereocenters. The Balaban J connectivity index is 1.50. The third kappa shape index (κ3) is 4.82. The summed E-state index contributed by atoms with van der Waals surface area (Å²) < 4.78 is 0. The number of piperidine rings is 1. The summed E-state index contributed by atoms with van der Waals surface area (Å²) in [4.78, 5) is 33.3. The maximum Gasteiger partial charge on any atom is 0.225 e. The predicted octanol–water partition coefficient (Wildman–Crippen LogP) is 2.16. The first kappa shape index (κ1) is 17.5. The van der Waals surface area contributed by atoms with Crippen LogP contribution >= 0.6 is 11.6 Å². The molecule has 7 heteroatoms. The highest BCUT2D eigenvalue weighted by molar-refractivity contribution is 6.30. The largest absolute Gasteiger partial charge is 0.349 e. The molecule has 1 aliphatic heterocycles. The summed E-state index contributed by atoms with van der Waals surface area (Å²) in [6.45, 7) is 1.46. The van der Waals surface area contributed by atoms with E-state index < -0.39 is 0 Å². The van der Waals surface area contributed by atoms with Crippen molar-refractivity contribution in [3.8, 4) is 0 Å². The van der Waals surface area contributed by atoms with Crippen LogP contribution < -0.4 is 5.32 Å².